The minimum absolute atomic E-state index is 0.630. The lowest BCUT2D eigenvalue weighted by Crippen LogP contribution is -2.11. The predicted molar refractivity (Wildman–Crippen MR) is 93.2 cm³/mol. The van der Waals surface area contributed by atoms with Crippen LogP contribution in [-0.4, -0.2) is 22.0 Å². The van der Waals surface area contributed by atoms with Crippen molar-refractivity contribution in [3.8, 4) is 17.1 Å². The highest BCUT2D eigenvalue weighted by atomic mass is 35.5. The van der Waals surface area contributed by atoms with Gasteiger partial charge in [-0.05, 0) is 18.2 Å². The summed E-state index contributed by atoms with van der Waals surface area (Å²) in [6.07, 6.45) is 0. The van der Waals surface area contributed by atoms with Crippen LogP contribution >= 0.6 is 23.4 Å². The highest BCUT2D eigenvalue weighted by Gasteiger charge is 2.13. The van der Waals surface area contributed by atoms with E-state index in [2.05, 4.69) is 10.2 Å². The summed E-state index contributed by atoms with van der Waals surface area (Å²) < 4.78 is 6.84. The number of benzene rings is 2. The standard InChI is InChI=1S/C16H15ClN4OS/c1-22-14-8-7-13(17)9-12(14)10-23-16-20-19-15(21(16)18)11-5-3-2-4-6-11/h2-9H,10,18H2,1H3. The molecule has 1 aromatic heterocycles. The van der Waals surface area contributed by atoms with E-state index in [1.165, 1.54) is 16.4 Å². The summed E-state index contributed by atoms with van der Waals surface area (Å²) in [5.74, 6) is 8.16. The number of hydrogen-bond acceptors (Lipinski definition) is 5. The van der Waals surface area contributed by atoms with E-state index >= 15 is 0 Å². The number of thioether (sulfide) groups is 1. The molecule has 7 heteroatoms. The zero-order chi connectivity index (χ0) is 16.2. The second-order valence-electron chi connectivity index (χ2n) is 4.79. The van der Waals surface area contributed by atoms with E-state index in [1.807, 2.05) is 42.5 Å². The molecular formula is C16H15ClN4OS. The van der Waals surface area contributed by atoms with E-state index in [0.29, 0.717) is 21.8 Å². The second-order valence-corrected chi connectivity index (χ2v) is 6.17. The van der Waals surface area contributed by atoms with Gasteiger partial charge in [0.1, 0.15) is 5.75 Å². The average Bonchev–Trinajstić information content (AvgIpc) is 2.94. The first-order chi connectivity index (χ1) is 11.2. The van der Waals surface area contributed by atoms with E-state index in [9.17, 15) is 0 Å². The van der Waals surface area contributed by atoms with Crippen molar-refractivity contribution in [3.63, 3.8) is 0 Å². The molecule has 0 atom stereocenters. The first-order valence-electron chi connectivity index (χ1n) is 6.90. The van der Waals surface area contributed by atoms with Gasteiger partial charge < -0.3 is 10.6 Å². The third-order valence-corrected chi connectivity index (χ3v) is 4.52. The maximum atomic E-state index is 6.11. The van der Waals surface area contributed by atoms with Crippen molar-refractivity contribution < 1.29 is 4.74 Å². The highest BCUT2D eigenvalue weighted by molar-refractivity contribution is 7.98. The van der Waals surface area contributed by atoms with Crippen LogP contribution in [0, 0.1) is 0 Å². The highest BCUT2D eigenvalue weighted by Crippen LogP contribution is 2.30. The molecule has 0 amide bonds. The molecule has 0 saturated heterocycles. The Morgan fingerprint density at radius 2 is 1.96 bits per heavy atom. The van der Waals surface area contributed by atoms with Gasteiger partial charge in [-0.15, -0.1) is 10.2 Å². The molecule has 0 saturated carbocycles. The monoisotopic (exact) mass is 346 g/mol. The lowest BCUT2D eigenvalue weighted by molar-refractivity contribution is 0.411. The molecule has 1 heterocycles. The maximum absolute atomic E-state index is 6.11. The number of methoxy groups -OCH3 is 1. The van der Waals surface area contributed by atoms with Crippen LogP contribution in [0.25, 0.3) is 11.4 Å². The number of nitrogens with zero attached hydrogens (tertiary/aromatic N) is 3. The van der Waals surface area contributed by atoms with Crippen LogP contribution in [0.5, 0.6) is 5.75 Å². The molecule has 0 radical (unpaired) electrons. The molecule has 23 heavy (non-hydrogen) atoms. The van der Waals surface area contributed by atoms with Gasteiger partial charge in [0.25, 0.3) is 0 Å². The summed E-state index contributed by atoms with van der Waals surface area (Å²) >= 11 is 7.53. The van der Waals surface area contributed by atoms with Gasteiger partial charge in [0, 0.05) is 21.9 Å². The lowest BCUT2D eigenvalue weighted by atomic mass is 10.2. The van der Waals surface area contributed by atoms with Crippen LogP contribution in [0.4, 0.5) is 0 Å². The van der Waals surface area contributed by atoms with Crippen molar-refractivity contribution in [1.29, 1.82) is 0 Å². The van der Waals surface area contributed by atoms with Crippen molar-refractivity contribution in [3.05, 3.63) is 59.1 Å². The van der Waals surface area contributed by atoms with E-state index in [-0.39, 0.29) is 0 Å². The molecule has 0 aliphatic heterocycles. The quantitative estimate of drug-likeness (QED) is 0.564. The Morgan fingerprint density at radius 1 is 1.17 bits per heavy atom. The summed E-state index contributed by atoms with van der Waals surface area (Å²) in [7, 11) is 1.64. The van der Waals surface area contributed by atoms with Gasteiger partial charge in [-0.2, -0.15) is 0 Å². The van der Waals surface area contributed by atoms with Crippen molar-refractivity contribution in [2.75, 3.05) is 13.0 Å². The first kappa shape index (κ1) is 15.7. The summed E-state index contributed by atoms with van der Waals surface area (Å²) in [5.41, 5.74) is 1.91. The molecule has 0 bridgehead atoms. The summed E-state index contributed by atoms with van der Waals surface area (Å²) in [5, 5.41) is 9.63. The van der Waals surface area contributed by atoms with Crippen molar-refractivity contribution >= 4 is 23.4 Å². The molecule has 0 fully saturated rings. The van der Waals surface area contributed by atoms with Crippen LogP contribution in [0.3, 0.4) is 0 Å². The first-order valence-corrected chi connectivity index (χ1v) is 8.26. The number of rotatable bonds is 5. The van der Waals surface area contributed by atoms with Crippen molar-refractivity contribution in [2.24, 2.45) is 0 Å². The fourth-order valence-corrected chi connectivity index (χ4v) is 3.19. The third kappa shape index (κ3) is 3.43. The Balaban J connectivity index is 1.80. The van der Waals surface area contributed by atoms with Gasteiger partial charge in [-0.25, -0.2) is 4.68 Å². The topological polar surface area (TPSA) is 66.0 Å². The number of halogens is 1. The molecule has 5 nitrogen and oxygen atoms in total. The molecular weight excluding hydrogens is 332 g/mol. The molecule has 3 rings (SSSR count). The lowest BCUT2D eigenvalue weighted by Gasteiger charge is -2.08. The molecule has 118 valence electrons. The van der Waals surface area contributed by atoms with Crippen LogP contribution in [0.2, 0.25) is 5.02 Å². The van der Waals surface area contributed by atoms with Gasteiger partial charge >= 0.3 is 0 Å². The van der Waals surface area contributed by atoms with Gasteiger partial charge in [0.05, 0.1) is 7.11 Å². The Bertz CT molecular complexity index is 807. The summed E-state index contributed by atoms with van der Waals surface area (Å²) in [4.78, 5) is 0. The van der Waals surface area contributed by atoms with Crippen LogP contribution in [-0.2, 0) is 5.75 Å². The Labute approximate surface area is 143 Å². The molecule has 0 aliphatic carbocycles. The average molecular weight is 347 g/mol. The zero-order valence-electron chi connectivity index (χ0n) is 12.4. The predicted octanol–water partition coefficient (Wildman–Crippen LogP) is 3.61. The Kier molecular flexibility index (Phi) is 4.73. The second kappa shape index (κ2) is 6.93. The Hall–Kier alpha value is -2.18. The molecule has 3 aromatic rings. The van der Waals surface area contributed by atoms with Crippen molar-refractivity contribution in [2.45, 2.75) is 10.9 Å². The fourth-order valence-electron chi connectivity index (χ4n) is 2.16. The normalized spacial score (nSPS) is 10.7. The number of nitrogens with two attached hydrogens (primary N) is 1. The molecule has 2 N–H and O–H groups in total. The third-order valence-electron chi connectivity index (χ3n) is 3.30. The minimum atomic E-state index is 0.630. The minimum Gasteiger partial charge on any atom is -0.496 e. The number of ether oxygens (including phenoxy) is 1. The molecule has 0 aliphatic rings. The van der Waals surface area contributed by atoms with E-state index < -0.39 is 0 Å². The van der Waals surface area contributed by atoms with Crippen LogP contribution < -0.4 is 10.6 Å². The van der Waals surface area contributed by atoms with Crippen molar-refractivity contribution in [1.82, 2.24) is 14.9 Å². The fraction of sp³-hybridized carbons (Fsp3) is 0.125. The zero-order valence-corrected chi connectivity index (χ0v) is 14.0. The van der Waals surface area contributed by atoms with Gasteiger partial charge in [0.2, 0.25) is 5.16 Å². The molecule has 0 unspecified atom stereocenters. The summed E-state index contributed by atoms with van der Waals surface area (Å²) in [6, 6.07) is 15.2. The summed E-state index contributed by atoms with van der Waals surface area (Å²) in [6.45, 7) is 0. The number of aromatic nitrogens is 3. The van der Waals surface area contributed by atoms with Crippen LogP contribution in [0.1, 0.15) is 5.56 Å². The maximum Gasteiger partial charge on any atom is 0.210 e. The number of hydrogen-bond donors (Lipinski definition) is 1. The van der Waals surface area contributed by atoms with Gasteiger partial charge in [-0.3, -0.25) is 0 Å². The SMILES string of the molecule is COc1ccc(Cl)cc1CSc1nnc(-c2ccccc2)n1N. The van der Waals surface area contributed by atoms with Gasteiger partial charge in [-0.1, -0.05) is 53.7 Å². The number of nitrogen functional groups attached to an aromatic ring is 1. The molecule has 2 aromatic carbocycles. The van der Waals surface area contributed by atoms with Crippen LogP contribution in [0.15, 0.2) is 53.7 Å². The smallest absolute Gasteiger partial charge is 0.210 e. The molecule has 0 spiro atoms. The van der Waals surface area contributed by atoms with E-state index in [1.54, 1.807) is 13.2 Å². The Morgan fingerprint density at radius 3 is 2.70 bits per heavy atom. The largest absolute Gasteiger partial charge is 0.496 e. The van der Waals surface area contributed by atoms with E-state index in [4.69, 9.17) is 22.2 Å². The van der Waals surface area contributed by atoms with E-state index in [0.717, 1.165) is 16.9 Å². The van der Waals surface area contributed by atoms with Gasteiger partial charge in [0.15, 0.2) is 5.82 Å².